The summed E-state index contributed by atoms with van der Waals surface area (Å²) in [5.74, 6) is -2.43. The van der Waals surface area contributed by atoms with E-state index in [1.165, 1.54) is 11.8 Å². The molecule has 0 unspecified atom stereocenters. The van der Waals surface area contributed by atoms with E-state index >= 15 is 0 Å². The highest BCUT2D eigenvalue weighted by Crippen LogP contribution is 2.42. The molecule has 0 aliphatic carbocycles. The minimum atomic E-state index is -0.812. The first kappa shape index (κ1) is 20.0. The first-order valence-corrected chi connectivity index (χ1v) is 10.0. The van der Waals surface area contributed by atoms with E-state index in [1.807, 2.05) is 13.8 Å². The third-order valence-electron chi connectivity index (χ3n) is 4.59. The van der Waals surface area contributed by atoms with Gasteiger partial charge in [0.15, 0.2) is 0 Å². The van der Waals surface area contributed by atoms with Gasteiger partial charge in [-0.3, -0.25) is 9.59 Å². The standard InChI is InChI=1S/C22H17F2N3O2S/c1-12(2)27-18-8-6-14(26-20(28)16-10-13(23)5-7-17(16)24)11-19(18)30-21-15(22(27)29)4-3-9-25-21/h3-12H,1-2H3,(H,26,28). The van der Waals surface area contributed by atoms with Crippen molar-refractivity contribution in [2.75, 3.05) is 10.2 Å². The Kier molecular flexibility index (Phi) is 5.26. The number of nitrogens with zero attached hydrogens (tertiary/aromatic N) is 2. The van der Waals surface area contributed by atoms with Crippen LogP contribution in [0.15, 0.2) is 64.6 Å². The molecule has 2 aromatic carbocycles. The number of amides is 2. The molecule has 1 aliphatic heterocycles. The first-order chi connectivity index (χ1) is 14.3. The van der Waals surface area contributed by atoms with Crippen LogP contribution < -0.4 is 10.2 Å². The largest absolute Gasteiger partial charge is 0.322 e. The van der Waals surface area contributed by atoms with Gasteiger partial charge < -0.3 is 10.2 Å². The van der Waals surface area contributed by atoms with Crippen molar-refractivity contribution in [2.45, 2.75) is 29.8 Å². The molecule has 0 atom stereocenters. The summed E-state index contributed by atoms with van der Waals surface area (Å²) in [5, 5.41) is 3.15. The second-order valence-electron chi connectivity index (χ2n) is 6.99. The molecule has 30 heavy (non-hydrogen) atoms. The number of fused-ring (bicyclic) bond motifs is 2. The third-order valence-corrected chi connectivity index (χ3v) is 5.66. The Morgan fingerprint density at radius 1 is 1.13 bits per heavy atom. The minimum Gasteiger partial charge on any atom is -0.322 e. The molecular formula is C22H17F2N3O2S. The Bertz CT molecular complexity index is 1170. The Morgan fingerprint density at radius 2 is 1.93 bits per heavy atom. The lowest BCUT2D eigenvalue weighted by atomic mass is 10.1. The molecule has 0 radical (unpaired) electrons. The first-order valence-electron chi connectivity index (χ1n) is 9.22. The van der Waals surface area contributed by atoms with Crippen molar-refractivity contribution in [3.8, 4) is 0 Å². The molecule has 1 aliphatic rings. The molecule has 2 heterocycles. The molecule has 0 saturated heterocycles. The topological polar surface area (TPSA) is 62.3 Å². The highest BCUT2D eigenvalue weighted by atomic mass is 32.2. The minimum absolute atomic E-state index is 0.107. The number of hydrogen-bond acceptors (Lipinski definition) is 4. The molecule has 1 N–H and O–H groups in total. The molecule has 0 saturated carbocycles. The fraction of sp³-hybridized carbons (Fsp3) is 0.136. The summed E-state index contributed by atoms with van der Waals surface area (Å²) in [7, 11) is 0. The molecule has 1 aromatic heterocycles. The van der Waals surface area contributed by atoms with E-state index in [0.29, 0.717) is 26.9 Å². The van der Waals surface area contributed by atoms with E-state index in [2.05, 4.69) is 10.3 Å². The highest BCUT2D eigenvalue weighted by molar-refractivity contribution is 7.99. The fourth-order valence-corrected chi connectivity index (χ4v) is 4.28. The van der Waals surface area contributed by atoms with Crippen LogP contribution in [0.2, 0.25) is 0 Å². The molecule has 0 bridgehead atoms. The molecule has 0 fully saturated rings. The van der Waals surface area contributed by atoms with E-state index in [-0.39, 0.29) is 17.5 Å². The summed E-state index contributed by atoms with van der Waals surface area (Å²) in [6.07, 6.45) is 1.61. The van der Waals surface area contributed by atoms with Crippen LogP contribution in [-0.4, -0.2) is 22.8 Å². The molecule has 0 spiro atoms. The van der Waals surface area contributed by atoms with Crippen LogP contribution in [0.4, 0.5) is 20.2 Å². The summed E-state index contributed by atoms with van der Waals surface area (Å²) >= 11 is 1.31. The average Bonchev–Trinajstić information content (AvgIpc) is 2.83. The number of rotatable bonds is 3. The second kappa shape index (κ2) is 7.87. The van der Waals surface area contributed by atoms with E-state index in [4.69, 9.17) is 0 Å². The molecule has 2 amide bonds. The summed E-state index contributed by atoms with van der Waals surface area (Å²) in [6, 6.07) is 11.1. The number of benzene rings is 2. The van der Waals surface area contributed by atoms with Crippen LogP contribution >= 0.6 is 11.8 Å². The second-order valence-corrected chi connectivity index (χ2v) is 8.02. The van der Waals surface area contributed by atoms with Gasteiger partial charge in [0.2, 0.25) is 0 Å². The number of carbonyl (C=O) groups excluding carboxylic acids is 2. The van der Waals surface area contributed by atoms with Gasteiger partial charge in [0, 0.05) is 22.8 Å². The number of pyridine rings is 1. The van der Waals surface area contributed by atoms with Crippen molar-refractivity contribution in [1.82, 2.24) is 4.98 Å². The van der Waals surface area contributed by atoms with Gasteiger partial charge in [-0.2, -0.15) is 0 Å². The Balaban J connectivity index is 1.72. The number of hydrogen-bond donors (Lipinski definition) is 1. The number of carbonyl (C=O) groups is 2. The lowest BCUT2D eigenvalue weighted by Crippen LogP contribution is -2.37. The van der Waals surface area contributed by atoms with Crippen molar-refractivity contribution in [3.05, 3.63) is 77.5 Å². The van der Waals surface area contributed by atoms with Gasteiger partial charge in [0.05, 0.1) is 16.8 Å². The van der Waals surface area contributed by atoms with Gasteiger partial charge in [-0.25, -0.2) is 13.8 Å². The van der Waals surface area contributed by atoms with Crippen molar-refractivity contribution in [1.29, 1.82) is 0 Å². The predicted molar refractivity (Wildman–Crippen MR) is 111 cm³/mol. The van der Waals surface area contributed by atoms with E-state index in [9.17, 15) is 18.4 Å². The summed E-state index contributed by atoms with van der Waals surface area (Å²) in [4.78, 5) is 32.2. The van der Waals surface area contributed by atoms with Crippen molar-refractivity contribution >= 4 is 35.0 Å². The van der Waals surface area contributed by atoms with Crippen molar-refractivity contribution in [2.24, 2.45) is 0 Å². The maximum absolute atomic E-state index is 13.9. The van der Waals surface area contributed by atoms with Crippen molar-refractivity contribution < 1.29 is 18.4 Å². The molecule has 5 nitrogen and oxygen atoms in total. The highest BCUT2D eigenvalue weighted by Gasteiger charge is 2.30. The van der Waals surface area contributed by atoms with E-state index in [1.54, 1.807) is 41.4 Å². The van der Waals surface area contributed by atoms with Crippen LogP contribution in [-0.2, 0) is 0 Å². The quantitative estimate of drug-likeness (QED) is 0.632. The zero-order valence-electron chi connectivity index (χ0n) is 16.1. The maximum atomic E-state index is 13.9. The summed E-state index contributed by atoms with van der Waals surface area (Å²) in [6.45, 7) is 3.83. The lowest BCUT2D eigenvalue weighted by molar-refractivity contribution is 0.0975. The smallest absolute Gasteiger partial charge is 0.261 e. The molecule has 8 heteroatoms. The van der Waals surface area contributed by atoms with Crippen LogP contribution in [0.25, 0.3) is 0 Å². The van der Waals surface area contributed by atoms with Gasteiger partial charge in [-0.05, 0) is 62.4 Å². The van der Waals surface area contributed by atoms with Crippen LogP contribution in [0, 0.1) is 11.6 Å². The maximum Gasteiger partial charge on any atom is 0.261 e. The van der Waals surface area contributed by atoms with Crippen molar-refractivity contribution in [3.63, 3.8) is 0 Å². The Hall–Kier alpha value is -3.26. The van der Waals surface area contributed by atoms with Gasteiger partial charge in [-0.1, -0.05) is 11.8 Å². The molecule has 4 rings (SSSR count). The lowest BCUT2D eigenvalue weighted by Gasteiger charge is -2.27. The zero-order valence-corrected chi connectivity index (χ0v) is 17.0. The fourth-order valence-electron chi connectivity index (χ4n) is 3.23. The van der Waals surface area contributed by atoms with Crippen LogP contribution in [0.5, 0.6) is 0 Å². The predicted octanol–water partition coefficient (Wildman–Crippen LogP) is 5.13. The molecule has 3 aromatic rings. The number of aromatic nitrogens is 1. The third kappa shape index (κ3) is 3.66. The number of nitrogens with one attached hydrogen (secondary N) is 1. The molecule has 152 valence electrons. The number of anilines is 2. The average molecular weight is 425 g/mol. The monoisotopic (exact) mass is 425 g/mol. The Morgan fingerprint density at radius 3 is 2.70 bits per heavy atom. The summed E-state index contributed by atoms with van der Waals surface area (Å²) < 4.78 is 27.3. The summed E-state index contributed by atoms with van der Waals surface area (Å²) in [5.41, 5.74) is 1.20. The van der Waals surface area contributed by atoms with Gasteiger partial charge in [0.1, 0.15) is 16.7 Å². The SMILES string of the molecule is CC(C)N1C(=O)c2cccnc2Sc2cc(NC(=O)c3cc(F)ccc3F)ccc21. The van der Waals surface area contributed by atoms with E-state index in [0.717, 1.165) is 18.2 Å². The molecular weight excluding hydrogens is 408 g/mol. The zero-order chi connectivity index (χ0) is 21.4. The van der Waals surface area contributed by atoms with Gasteiger partial charge in [-0.15, -0.1) is 0 Å². The van der Waals surface area contributed by atoms with Gasteiger partial charge >= 0.3 is 0 Å². The van der Waals surface area contributed by atoms with Crippen LogP contribution in [0.1, 0.15) is 34.6 Å². The Labute approximate surface area is 176 Å². The number of halogens is 2. The van der Waals surface area contributed by atoms with Crippen LogP contribution in [0.3, 0.4) is 0 Å². The normalized spacial score (nSPS) is 13.0. The van der Waals surface area contributed by atoms with Gasteiger partial charge in [0.25, 0.3) is 11.8 Å². The van der Waals surface area contributed by atoms with E-state index < -0.39 is 17.5 Å².